The second kappa shape index (κ2) is 8.93. The van der Waals surface area contributed by atoms with Crippen LogP contribution in [0.5, 0.6) is 0 Å². The van der Waals surface area contributed by atoms with Gasteiger partial charge in [-0.15, -0.1) is 0 Å². The molecule has 2 fully saturated rings. The van der Waals surface area contributed by atoms with Gasteiger partial charge in [-0.05, 0) is 85.2 Å². The van der Waals surface area contributed by atoms with Gasteiger partial charge in [-0.3, -0.25) is 9.59 Å². The van der Waals surface area contributed by atoms with Crippen LogP contribution < -0.4 is 0 Å². The third-order valence-electron chi connectivity index (χ3n) is 11.2. The number of carbonyl (C=O) groups is 2. The highest BCUT2D eigenvalue weighted by Gasteiger charge is 2.72. The van der Waals surface area contributed by atoms with Gasteiger partial charge in [0.2, 0.25) is 0 Å². The molecule has 0 unspecified atom stereocenters. The van der Waals surface area contributed by atoms with E-state index in [2.05, 4.69) is 54.5 Å². The molecular formula is C31H48O3. The molecule has 2 saturated carbocycles. The van der Waals surface area contributed by atoms with E-state index in [4.69, 9.17) is 4.74 Å². The van der Waals surface area contributed by atoms with Crippen LogP contribution in [0.3, 0.4) is 0 Å². The molecule has 0 amide bonds. The summed E-state index contributed by atoms with van der Waals surface area (Å²) in [5, 5.41) is 0. The molecule has 34 heavy (non-hydrogen) atoms. The molecule has 190 valence electrons. The van der Waals surface area contributed by atoms with Crippen LogP contribution >= 0.6 is 0 Å². The number of fused-ring (bicyclic) bond motifs is 5. The fraction of sp³-hybridized carbons (Fsp3) is 0.806. The van der Waals surface area contributed by atoms with Crippen LogP contribution in [0.15, 0.2) is 23.3 Å². The van der Waals surface area contributed by atoms with E-state index < -0.39 is 0 Å². The van der Waals surface area contributed by atoms with E-state index in [0.717, 1.165) is 31.6 Å². The lowest BCUT2D eigenvalue weighted by Gasteiger charge is -2.65. The highest BCUT2D eigenvalue weighted by atomic mass is 16.5. The van der Waals surface area contributed by atoms with Crippen LogP contribution in [0.25, 0.3) is 0 Å². The fourth-order valence-corrected chi connectivity index (χ4v) is 9.31. The molecule has 0 aromatic carbocycles. The van der Waals surface area contributed by atoms with Crippen molar-refractivity contribution in [2.45, 2.75) is 113 Å². The van der Waals surface area contributed by atoms with Gasteiger partial charge in [0.25, 0.3) is 0 Å². The van der Waals surface area contributed by atoms with Crippen molar-refractivity contribution >= 4 is 11.8 Å². The average molecular weight is 469 g/mol. The van der Waals surface area contributed by atoms with Gasteiger partial charge >= 0.3 is 5.97 Å². The van der Waals surface area contributed by atoms with E-state index in [1.165, 1.54) is 36.8 Å². The number of ketones is 1. The predicted octanol–water partition coefficient (Wildman–Crippen LogP) is 7.69. The average Bonchev–Trinajstić information content (AvgIpc) is 2.99. The Labute approximate surface area is 208 Å². The summed E-state index contributed by atoms with van der Waals surface area (Å²) in [6.07, 6.45) is 13.1. The number of ether oxygens (including phenoxy) is 1. The predicted molar refractivity (Wildman–Crippen MR) is 138 cm³/mol. The monoisotopic (exact) mass is 468 g/mol. The zero-order chi connectivity index (χ0) is 25.1. The van der Waals surface area contributed by atoms with Gasteiger partial charge in [0.05, 0.1) is 0 Å². The third-order valence-corrected chi connectivity index (χ3v) is 11.2. The maximum Gasteiger partial charge on any atom is 0.302 e. The van der Waals surface area contributed by atoms with Crippen LogP contribution in [0, 0.1) is 45.8 Å². The molecule has 0 saturated heterocycles. The fourth-order valence-electron chi connectivity index (χ4n) is 9.31. The molecule has 4 rings (SSSR count). The molecule has 0 heterocycles. The first-order valence-electron chi connectivity index (χ1n) is 14.0. The summed E-state index contributed by atoms with van der Waals surface area (Å²) in [6, 6.07) is 0. The molecule has 4 aliphatic rings. The van der Waals surface area contributed by atoms with Gasteiger partial charge in [0.1, 0.15) is 6.10 Å². The Bertz CT molecular complexity index is 896. The van der Waals surface area contributed by atoms with E-state index in [1.54, 1.807) is 6.92 Å². The highest BCUT2D eigenvalue weighted by molar-refractivity contribution is 5.96. The summed E-state index contributed by atoms with van der Waals surface area (Å²) < 4.78 is 6.22. The number of rotatable bonds is 6. The van der Waals surface area contributed by atoms with Gasteiger partial charge in [0, 0.05) is 18.3 Å². The second-order valence-electron chi connectivity index (χ2n) is 13.4. The molecule has 0 aliphatic heterocycles. The quantitative estimate of drug-likeness (QED) is 0.375. The van der Waals surface area contributed by atoms with Crippen molar-refractivity contribution in [3.63, 3.8) is 0 Å². The molecule has 0 aromatic heterocycles. The first-order chi connectivity index (χ1) is 15.9. The molecule has 8 atom stereocenters. The Morgan fingerprint density at radius 3 is 2.47 bits per heavy atom. The van der Waals surface area contributed by atoms with Crippen LogP contribution in [0.4, 0.5) is 0 Å². The van der Waals surface area contributed by atoms with Gasteiger partial charge in [-0.25, -0.2) is 0 Å². The van der Waals surface area contributed by atoms with E-state index in [-0.39, 0.29) is 45.9 Å². The van der Waals surface area contributed by atoms with Crippen molar-refractivity contribution < 1.29 is 14.3 Å². The molecule has 4 aliphatic carbocycles. The van der Waals surface area contributed by atoms with Gasteiger partial charge in [0.15, 0.2) is 5.78 Å². The smallest absolute Gasteiger partial charge is 0.302 e. The maximum absolute atomic E-state index is 14.0. The minimum Gasteiger partial charge on any atom is -0.462 e. The second-order valence-corrected chi connectivity index (χ2v) is 13.4. The lowest BCUT2D eigenvalue weighted by molar-refractivity contribution is -0.212. The van der Waals surface area contributed by atoms with Crippen molar-refractivity contribution in [2.75, 3.05) is 0 Å². The summed E-state index contributed by atoms with van der Waals surface area (Å²) in [7, 11) is 0. The van der Waals surface area contributed by atoms with Crippen molar-refractivity contribution in [3.8, 4) is 0 Å². The summed E-state index contributed by atoms with van der Waals surface area (Å²) in [5.74, 6) is 2.21. The first-order valence-corrected chi connectivity index (χ1v) is 14.0. The molecule has 0 aromatic rings. The number of esters is 1. The summed E-state index contributed by atoms with van der Waals surface area (Å²) >= 11 is 0. The third kappa shape index (κ3) is 3.75. The molecular weight excluding hydrogens is 420 g/mol. The molecule has 0 radical (unpaired) electrons. The standard InChI is InChI=1S/C31H48O3/c1-19(2)11-9-13-21(4)24-15-16-29(6)28-26(33)17-23-20(3)12-10-14-25(23)31(28,8)27(34-22(5)32)18-30(24,29)7/h12,17,19,21,24-25,27-28H,9-11,13-16,18H2,1-8H3/t21-,24-,25-,27+,28+,29+,30-,31-/m1/s1. The normalized spacial score (nSPS) is 42.3. The van der Waals surface area contributed by atoms with Crippen molar-refractivity contribution in [1.29, 1.82) is 0 Å². The Morgan fingerprint density at radius 2 is 1.82 bits per heavy atom. The topological polar surface area (TPSA) is 43.4 Å². The van der Waals surface area contributed by atoms with Crippen molar-refractivity contribution in [1.82, 2.24) is 0 Å². The number of hydrogen-bond donors (Lipinski definition) is 0. The number of allylic oxidation sites excluding steroid dienone is 4. The summed E-state index contributed by atoms with van der Waals surface area (Å²) in [4.78, 5) is 26.4. The van der Waals surface area contributed by atoms with Gasteiger partial charge in [-0.2, -0.15) is 0 Å². The molecule has 3 heteroatoms. The maximum atomic E-state index is 14.0. The van der Waals surface area contributed by atoms with Gasteiger partial charge in [-0.1, -0.05) is 72.5 Å². The van der Waals surface area contributed by atoms with E-state index >= 15 is 0 Å². The van der Waals surface area contributed by atoms with E-state index in [9.17, 15) is 9.59 Å². The van der Waals surface area contributed by atoms with E-state index in [1.807, 2.05) is 6.08 Å². The lowest BCUT2D eigenvalue weighted by Crippen LogP contribution is -2.66. The highest BCUT2D eigenvalue weighted by Crippen LogP contribution is 2.74. The van der Waals surface area contributed by atoms with E-state index in [0.29, 0.717) is 11.8 Å². The van der Waals surface area contributed by atoms with Crippen LogP contribution in [0.1, 0.15) is 107 Å². The molecule has 0 N–H and O–H groups in total. The SMILES string of the molecule is CC(=O)O[C@H]1C[C@]2(C)[C@@H]([C@H](C)CCCC(C)C)CC[C@@]2(C)[C@@H]2C(=O)C=C3C(C)=CCC[C@H]3[C@]12C. The van der Waals surface area contributed by atoms with Crippen LogP contribution in [-0.4, -0.2) is 17.9 Å². The molecule has 3 nitrogen and oxygen atoms in total. The van der Waals surface area contributed by atoms with Crippen molar-refractivity contribution in [3.05, 3.63) is 23.3 Å². The first kappa shape index (κ1) is 25.7. The molecule has 0 bridgehead atoms. The Kier molecular flexibility index (Phi) is 6.75. The Balaban J connectivity index is 1.76. The van der Waals surface area contributed by atoms with Crippen LogP contribution in [-0.2, 0) is 14.3 Å². The molecule has 0 spiro atoms. The zero-order valence-electron chi connectivity index (χ0n) is 23.0. The minimum atomic E-state index is -0.341. The largest absolute Gasteiger partial charge is 0.462 e. The summed E-state index contributed by atoms with van der Waals surface area (Å²) in [6.45, 7) is 17.9. The van der Waals surface area contributed by atoms with Crippen molar-refractivity contribution in [2.24, 2.45) is 45.8 Å². The Morgan fingerprint density at radius 1 is 1.12 bits per heavy atom. The minimum absolute atomic E-state index is 0.00487. The Hall–Kier alpha value is -1.38. The zero-order valence-corrected chi connectivity index (χ0v) is 23.0. The van der Waals surface area contributed by atoms with Crippen LogP contribution in [0.2, 0.25) is 0 Å². The van der Waals surface area contributed by atoms with Gasteiger partial charge < -0.3 is 4.74 Å². The number of carbonyl (C=O) groups excluding carboxylic acids is 2. The lowest BCUT2D eigenvalue weighted by atomic mass is 9.39. The number of hydrogen-bond acceptors (Lipinski definition) is 3. The summed E-state index contributed by atoms with van der Waals surface area (Å²) in [5.41, 5.74) is 2.04.